The Kier molecular flexibility index (Phi) is 5.00. The lowest BCUT2D eigenvalue weighted by atomic mass is 10.1. The number of aliphatic hydroxyl groups is 1. The van der Waals surface area contributed by atoms with Crippen molar-refractivity contribution in [2.24, 2.45) is 5.73 Å². The fourth-order valence-corrected chi connectivity index (χ4v) is 4.35. The first kappa shape index (κ1) is 16.4. The lowest BCUT2D eigenvalue weighted by molar-refractivity contribution is -0.0516. The van der Waals surface area contributed by atoms with Crippen molar-refractivity contribution < 1.29 is 18.3 Å². The van der Waals surface area contributed by atoms with Gasteiger partial charge in [-0.15, -0.1) is 0 Å². The molecule has 2 atom stereocenters. The highest BCUT2D eigenvalue weighted by atomic mass is 32.2. The van der Waals surface area contributed by atoms with Crippen LogP contribution >= 0.6 is 0 Å². The first-order valence-corrected chi connectivity index (χ1v) is 8.38. The van der Waals surface area contributed by atoms with Crippen LogP contribution < -0.4 is 5.73 Å². The molecule has 0 aromatic heterocycles. The Morgan fingerprint density at radius 1 is 1.48 bits per heavy atom. The number of ether oxygens (including phenoxy) is 1. The zero-order chi connectivity index (χ0) is 15.6. The quantitative estimate of drug-likeness (QED) is 0.829. The van der Waals surface area contributed by atoms with Gasteiger partial charge in [-0.25, -0.2) is 8.42 Å². The van der Waals surface area contributed by atoms with Crippen LogP contribution in [0, 0.1) is 6.92 Å². The van der Waals surface area contributed by atoms with Crippen molar-refractivity contribution >= 4 is 10.0 Å². The SMILES string of the molecule is Cc1cc(CN)ccc1S(=O)(=O)N1CC(CO)OCC1C. The summed E-state index contributed by atoms with van der Waals surface area (Å²) in [4.78, 5) is 0.283. The molecule has 7 heteroatoms. The second-order valence-corrected chi connectivity index (χ2v) is 7.22. The van der Waals surface area contributed by atoms with Gasteiger partial charge in [-0.3, -0.25) is 0 Å². The Morgan fingerprint density at radius 2 is 2.19 bits per heavy atom. The number of sulfonamides is 1. The molecule has 1 saturated heterocycles. The fraction of sp³-hybridized carbons (Fsp3) is 0.571. The van der Waals surface area contributed by atoms with Crippen LogP contribution in [0.1, 0.15) is 18.1 Å². The first-order chi connectivity index (χ1) is 9.90. The molecule has 1 fully saturated rings. The lowest BCUT2D eigenvalue weighted by Crippen LogP contribution is -2.51. The molecule has 1 aliphatic rings. The van der Waals surface area contributed by atoms with E-state index in [0.29, 0.717) is 12.1 Å². The topological polar surface area (TPSA) is 92.9 Å². The van der Waals surface area contributed by atoms with Crippen LogP contribution in [0.25, 0.3) is 0 Å². The molecule has 0 aliphatic carbocycles. The molecule has 1 aliphatic heterocycles. The van der Waals surface area contributed by atoms with Gasteiger partial charge in [0.05, 0.1) is 24.2 Å². The van der Waals surface area contributed by atoms with Crippen molar-refractivity contribution in [3.63, 3.8) is 0 Å². The second kappa shape index (κ2) is 6.41. The standard InChI is InChI=1S/C14H22N2O4S/c1-10-5-12(6-15)3-4-14(10)21(18,19)16-7-13(8-17)20-9-11(16)2/h3-5,11,13,17H,6-9,15H2,1-2H3. The fourth-order valence-electron chi connectivity index (χ4n) is 2.49. The minimum absolute atomic E-state index is 0.165. The molecule has 0 spiro atoms. The summed E-state index contributed by atoms with van der Waals surface area (Å²) in [7, 11) is -3.61. The highest BCUT2D eigenvalue weighted by molar-refractivity contribution is 7.89. The van der Waals surface area contributed by atoms with E-state index in [2.05, 4.69) is 0 Å². The molecule has 0 saturated carbocycles. The summed E-state index contributed by atoms with van der Waals surface area (Å²) in [6.45, 7) is 4.20. The first-order valence-electron chi connectivity index (χ1n) is 6.94. The van der Waals surface area contributed by atoms with Gasteiger partial charge in [0, 0.05) is 19.1 Å². The lowest BCUT2D eigenvalue weighted by Gasteiger charge is -2.36. The van der Waals surface area contributed by atoms with Gasteiger partial charge >= 0.3 is 0 Å². The van der Waals surface area contributed by atoms with E-state index >= 15 is 0 Å². The third-order valence-electron chi connectivity index (χ3n) is 3.71. The summed E-state index contributed by atoms with van der Waals surface area (Å²) in [5.41, 5.74) is 7.15. The highest BCUT2D eigenvalue weighted by Crippen LogP contribution is 2.25. The Hall–Kier alpha value is -0.990. The van der Waals surface area contributed by atoms with Crippen molar-refractivity contribution in [1.29, 1.82) is 0 Å². The molecular weight excluding hydrogens is 292 g/mol. The van der Waals surface area contributed by atoms with Crippen molar-refractivity contribution in [3.8, 4) is 0 Å². The van der Waals surface area contributed by atoms with Crippen LogP contribution in [-0.2, 0) is 21.3 Å². The van der Waals surface area contributed by atoms with E-state index in [1.807, 2.05) is 0 Å². The van der Waals surface area contributed by atoms with Gasteiger partial charge in [-0.1, -0.05) is 12.1 Å². The third kappa shape index (κ3) is 3.27. The molecule has 21 heavy (non-hydrogen) atoms. The maximum atomic E-state index is 12.8. The van der Waals surface area contributed by atoms with Crippen molar-refractivity contribution in [1.82, 2.24) is 4.31 Å². The largest absolute Gasteiger partial charge is 0.394 e. The van der Waals surface area contributed by atoms with Crippen molar-refractivity contribution in [2.75, 3.05) is 19.8 Å². The van der Waals surface area contributed by atoms with Gasteiger partial charge in [0.15, 0.2) is 0 Å². The molecule has 1 aromatic rings. The van der Waals surface area contributed by atoms with Crippen LogP contribution in [0.4, 0.5) is 0 Å². The molecule has 6 nitrogen and oxygen atoms in total. The maximum absolute atomic E-state index is 12.8. The van der Waals surface area contributed by atoms with E-state index in [0.717, 1.165) is 5.56 Å². The normalized spacial score (nSPS) is 24.2. The minimum Gasteiger partial charge on any atom is -0.394 e. The summed E-state index contributed by atoms with van der Waals surface area (Å²) in [5.74, 6) is 0. The third-order valence-corrected chi connectivity index (χ3v) is 5.85. The minimum atomic E-state index is -3.61. The molecule has 2 rings (SSSR count). The Morgan fingerprint density at radius 3 is 2.76 bits per heavy atom. The summed E-state index contributed by atoms with van der Waals surface area (Å²) in [5, 5.41) is 9.19. The van der Waals surface area contributed by atoms with Gasteiger partial charge < -0.3 is 15.6 Å². The predicted molar refractivity (Wildman–Crippen MR) is 79.3 cm³/mol. The Labute approximate surface area is 125 Å². The summed E-state index contributed by atoms with van der Waals surface area (Å²) in [6, 6.07) is 4.87. The molecule has 2 unspecified atom stereocenters. The Bertz CT molecular complexity index is 603. The van der Waals surface area contributed by atoms with E-state index in [4.69, 9.17) is 10.5 Å². The number of rotatable bonds is 4. The van der Waals surface area contributed by atoms with E-state index in [1.165, 1.54) is 4.31 Å². The van der Waals surface area contributed by atoms with E-state index < -0.39 is 16.1 Å². The molecule has 118 valence electrons. The van der Waals surface area contributed by atoms with Crippen molar-refractivity contribution in [3.05, 3.63) is 29.3 Å². The van der Waals surface area contributed by atoms with Crippen LogP contribution in [0.2, 0.25) is 0 Å². The number of nitrogens with zero attached hydrogens (tertiary/aromatic N) is 1. The second-order valence-electron chi connectivity index (χ2n) is 5.37. The zero-order valence-electron chi connectivity index (χ0n) is 12.3. The van der Waals surface area contributed by atoms with Gasteiger partial charge in [-0.05, 0) is 31.0 Å². The van der Waals surface area contributed by atoms with Gasteiger partial charge in [0.2, 0.25) is 10.0 Å². The molecule has 0 radical (unpaired) electrons. The summed E-state index contributed by atoms with van der Waals surface area (Å²) < 4.78 is 32.5. The van der Waals surface area contributed by atoms with Gasteiger partial charge in [0.1, 0.15) is 0 Å². The maximum Gasteiger partial charge on any atom is 0.243 e. The zero-order valence-corrected chi connectivity index (χ0v) is 13.1. The van der Waals surface area contributed by atoms with Crippen LogP contribution in [0.15, 0.2) is 23.1 Å². The number of hydrogen-bond donors (Lipinski definition) is 2. The molecule has 1 aromatic carbocycles. The van der Waals surface area contributed by atoms with Crippen LogP contribution in [0.5, 0.6) is 0 Å². The number of nitrogens with two attached hydrogens (primary N) is 1. The van der Waals surface area contributed by atoms with E-state index in [-0.39, 0.29) is 30.7 Å². The average molecular weight is 314 g/mol. The molecular formula is C14H22N2O4S. The van der Waals surface area contributed by atoms with Gasteiger partial charge in [0.25, 0.3) is 0 Å². The number of hydrogen-bond acceptors (Lipinski definition) is 5. The smallest absolute Gasteiger partial charge is 0.243 e. The monoisotopic (exact) mass is 314 g/mol. The summed E-state index contributed by atoms with van der Waals surface area (Å²) >= 11 is 0. The Balaban J connectivity index is 2.36. The molecule has 3 N–H and O–H groups in total. The number of aryl methyl sites for hydroxylation is 1. The van der Waals surface area contributed by atoms with Gasteiger partial charge in [-0.2, -0.15) is 4.31 Å². The van der Waals surface area contributed by atoms with E-state index in [9.17, 15) is 13.5 Å². The number of aliphatic hydroxyl groups excluding tert-OH is 1. The van der Waals surface area contributed by atoms with Crippen LogP contribution in [-0.4, -0.2) is 49.7 Å². The van der Waals surface area contributed by atoms with E-state index in [1.54, 1.807) is 32.0 Å². The summed E-state index contributed by atoms with van der Waals surface area (Å²) in [6.07, 6.45) is -0.473. The number of benzene rings is 1. The van der Waals surface area contributed by atoms with Crippen LogP contribution in [0.3, 0.4) is 0 Å². The predicted octanol–water partition coefficient (Wildman–Crippen LogP) is 0.224. The highest BCUT2D eigenvalue weighted by Gasteiger charge is 2.35. The number of morpholine rings is 1. The average Bonchev–Trinajstić information content (AvgIpc) is 2.47. The molecule has 0 amide bonds. The molecule has 1 heterocycles. The van der Waals surface area contributed by atoms with Crippen molar-refractivity contribution in [2.45, 2.75) is 37.4 Å². The molecule has 0 bridgehead atoms.